The first-order valence-electron chi connectivity index (χ1n) is 8.12. The number of halogens is 1. The van der Waals surface area contributed by atoms with Crippen molar-refractivity contribution in [3.05, 3.63) is 29.3 Å². The van der Waals surface area contributed by atoms with Crippen molar-refractivity contribution >= 4 is 17.3 Å². The predicted octanol–water partition coefficient (Wildman–Crippen LogP) is 3.23. The van der Waals surface area contributed by atoms with Gasteiger partial charge in [-0.15, -0.1) is 0 Å². The first kappa shape index (κ1) is 16.6. The average Bonchev–Trinajstić information content (AvgIpc) is 2.48. The lowest BCUT2D eigenvalue weighted by molar-refractivity contribution is 0.247. The van der Waals surface area contributed by atoms with Crippen LogP contribution in [0.2, 0.25) is 5.02 Å². The minimum absolute atomic E-state index is 0.766. The molecule has 3 nitrogen and oxygen atoms in total. The zero-order chi connectivity index (χ0) is 15.1. The summed E-state index contributed by atoms with van der Waals surface area (Å²) in [5.41, 5.74) is 6.85. The van der Waals surface area contributed by atoms with E-state index in [0.29, 0.717) is 0 Å². The molecule has 1 aliphatic heterocycles. The van der Waals surface area contributed by atoms with Crippen LogP contribution in [-0.2, 0) is 0 Å². The topological polar surface area (TPSA) is 32.5 Å². The highest BCUT2D eigenvalue weighted by atomic mass is 35.5. The summed E-state index contributed by atoms with van der Waals surface area (Å²) in [7, 11) is 0. The third kappa shape index (κ3) is 5.50. The van der Waals surface area contributed by atoms with E-state index < -0.39 is 0 Å². The van der Waals surface area contributed by atoms with Gasteiger partial charge in [-0.1, -0.05) is 24.6 Å². The second-order valence-corrected chi connectivity index (χ2v) is 6.57. The first-order chi connectivity index (χ1) is 10.2. The van der Waals surface area contributed by atoms with Crippen LogP contribution >= 0.6 is 11.6 Å². The quantitative estimate of drug-likeness (QED) is 0.839. The van der Waals surface area contributed by atoms with Crippen LogP contribution in [0.15, 0.2) is 24.3 Å². The van der Waals surface area contributed by atoms with E-state index in [1.165, 1.54) is 25.1 Å². The molecule has 1 unspecified atom stereocenters. The third-order valence-corrected chi connectivity index (χ3v) is 4.61. The van der Waals surface area contributed by atoms with Crippen molar-refractivity contribution in [1.82, 2.24) is 4.90 Å². The molecule has 2 rings (SSSR count). The van der Waals surface area contributed by atoms with E-state index in [0.717, 1.165) is 50.1 Å². The summed E-state index contributed by atoms with van der Waals surface area (Å²) in [6, 6.07) is 8.18. The Balaban J connectivity index is 1.69. The van der Waals surface area contributed by atoms with Crippen molar-refractivity contribution in [2.45, 2.75) is 26.2 Å². The molecule has 0 bridgehead atoms. The van der Waals surface area contributed by atoms with Crippen LogP contribution in [0.3, 0.4) is 0 Å². The van der Waals surface area contributed by atoms with E-state index >= 15 is 0 Å². The standard InChI is InChI=1S/C17H28ClN3/c1-15(7-8-19)4-3-9-20-10-12-21(13-11-20)17-6-2-5-16(18)14-17/h2,5-6,14-15H,3-4,7-13,19H2,1H3. The maximum Gasteiger partial charge on any atom is 0.0426 e. The number of nitrogens with two attached hydrogens (primary N) is 1. The van der Waals surface area contributed by atoms with Crippen LogP contribution < -0.4 is 10.6 Å². The molecule has 4 heteroatoms. The van der Waals surface area contributed by atoms with Crippen LogP contribution in [0.5, 0.6) is 0 Å². The number of hydrogen-bond donors (Lipinski definition) is 1. The van der Waals surface area contributed by atoms with Gasteiger partial charge < -0.3 is 10.6 Å². The van der Waals surface area contributed by atoms with Gasteiger partial charge in [0.05, 0.1) is 0 Å². The Morgan fingerprint density at radius 3 is 2.62 bits per heavy atom. The number of benzene rings is 1. The van der Waals surface area contributed by atoms with Crippen LogP contribution in [0.4, 0.5) is 5.69 Å². The van der Waals surface area contributed by atoms with Crippen LogP contribution in [0.25, 0.3) is 0 Å². The van der Waals surface area contributed by atoms with Crippen LogP contribution in [0, 0.1) is 5.92 Å². The summed E-state index contributed by atoms with van der Waals surface area (Å²) < 4.78 is 0. The molecule has 118 valence electrons. The lowest BCUT2D eigenvalue weighted by Crippen LogP contribution is -2.46. The van der Waals surface area contributed by atoms with Crippen molar-refractivity contribution < 1.29 is 0 Å². The minimum Gasteiger partial charge on any atom is -0.369 e. The van der Waals surface area contributed by atoms with E-state index in [1.807, 2.05) is 12.1 Å². The van der Waals surface area contributed by atoms with Gasteiger partial charge in [0.1, 0.15) is 0 Å². The maximum absolute atomic E-state index is 6.07. The molecule has 0 saturated carbocycles. The summed E-state index contributed by atoms with van der Waals surface area (Å²) >= 11 is 6.07. The summed E-state index contributed by atoms with van der Waals surface area (Å²) in [5, 5.41) is 0.823. The molecule has 1 aromatic rings. The van der Waals surface area contributed by atoms with Crippen molar-refractivity contribution in [2.24, 2.45) is 11.7 Å². The second-order valence-electron chi connectivity index (χ2n) is 6.13. The molecule has 1 atom stereocenters. The molecule has 1 aliphatic rings. The Morgan fingerprint density at radius 1 is 1.19 bits per heavy atom. The van der Waals surface area contributed by atoms with Gasteiger partial charge >= 0.3 is 0 Å². The van der Waals surface area contributed by atoms with Gasteiger partial charge in [0.15, 0.2) is 0 Å². The van der Waals surface area contributed by atoms with Gasteiger partial charge in [-0.25, -0.2) is 0 Å². The fraction of sp³-hybridized carbons (Fsp3) is 0.647. The van der Waals surface area contributed by atoms with Crippen molar-refractivity contribution in [2.75, 3.05) is 44.2 Å². The highest BCUT2D eigenvalue weighted by Gasteiger charge is 2.17. The third-order valence-electron chi connectivity index (χ3n) is 4.38. The molecular formula is C17H28ClN3. The Kier molecular flexibility index (Phi) is 6.81. The van der Waals surface area contributed by atoms with Gasteiger partial charge in [-0.3, -0.25) is 4.90 Å². The van der Waals surface area contributed by atoms with Crippen LogP contribution in [0.1, 0.15) is 26.2 Å². The highest BCUT2D eigenvalue weighted by Crippen LogP contribution is 2.21. The van der Waals surface area contributed by atoms with E-state index in [4.69, 9.17) is 17.3 Å². The summed E-state index contributed by atoms with van der Waals surface area (Å²) in [6.07, 6.45) is 3.74. The van der Waals surface area contributed by atoms with Gasteiger partial charge in [0.25, 0.3) is 0 Å². The van der Waals surface area contributed by atoms with Gasteiger partial charge in [-0.05, 0) is 56.5 Å². The monoisotopic (exact) mass is 309 g/mol. The molecule has 0 aromatic heterocycles. The molecule has 1 heterocycles. The van der Waals surface area contributed by atoms with E-state index in [1.54, 1.807) is 0 Å². The lowest BCUT2D eigenvalue weighted by atomic mass is 10.0. The summed E-state index contributed by atoms with van der Waals surface area (Å²) in [5.74, 6) is 0.766. The Morgan fingerprint density at radius 2 is 1.95 bits per heavy atom. The second kappa shape index (κ2) is 8.62. The summed E-state index contributed by atoms with van der Waals surface area (Å²) in [4.78, 5) is 5.01. The molecule has 21 heavy (non-hydrogen) atoms. The molecule has 2 N–H and O–H groups in total. The Hall–Kier alpha value is -0.770. The average molecular weight is 310 g/mol. The fourth-order valence-corrected chi connectivity index (χ4v) is 3.18. The molecule has 1 saturated heterocycles. The molecule has 0 spiro atoms. The van der Waals surface area contributed by atoms with Gasteiger partial charge in [0.2, 0.25) is 0 Å². The van der Waals surface area contributed by atoms with Crippen molar-refractivity contribution in [3.8, 4) is 0 Å². The normalized spacial score (nSPS) is 18.0. The zero-order valence-electron chi connectivity index (χ0n) is 13.1. The Labute approximate surface area is 134 Å². The van der Waals surface area contributed by atoms with E-state index in [2.05, 4.69) is 28.9 Å². The SMILES string of the molecule is CC(CCN)CCCN1CCN(c2cccc(Cl)c2)CC1. The zero-order valence-corrected chi connectivity index (χ0v) is 13.9. The molecule has 0 amide bonds. The molecule has 0 aliphatic carbocycles. The number of nitrogens with zero attached hydrogens (tertiary/aromatic N) is 2. The molecule has 1 fully saturated rings. The molecular weight excluding hydrogens is 282 g/mol. The number of hydrogen-bond acceptors (Lipinski definition) is 3. The minimum atomic E-state index is 0.766. The van der Waals surface area contributed by atoms with Crippen LogP contribution in [-0.4, -0.2) is 44.2 Å². The van der Waals surface area contributed by atoms with E-state index in [-0.39, 0.29) is 0 Å². The van der Waals surface area contributed by atoms with Gasteiger partial charge in [0, 0.05) is 36.9 Å². The number of piperazine rings is 1. The number of anilines is 1. The van der Waals surface area contributed by atoms with Crippen molar-refractivity contribution in [3.63, 3.8) is 0 Å². The lowest BCUT2D eigenvalue weighted by Gasteiger charge is -2.36. The number of rotatable bonds is 7. The fourth-order valence-electron chi connectivity index (χ4n) is 2.99. The Bertz CT molecular complexity index is 416. The maximum atomic E-state index is 6.07. The van der Waals surface area contributed by atoms with E-state index in [9.17, 15) is 0 Å². The molecule has 1 aromatic carbocycles. The molecule has 0 radical (unpaired) electrons. The largest absolute Gasteiger partial charge is 0.369 e. The summed E-state index contributed by atoms with van der Waals surface area (Å²) in [6.45, 7) is 8.84. The predicted molar refractivity (Wildman–Crippen MR) is 92.2 cm³/mol. The highest BCUT2D eigenvalue weighted by molar-refractivity contribution is 6.30. The smallest absolute Gasteiger partial charge is 0.0426 e. The van der Waals surface area contributed by atoms with Gasteiger partial charge in [-0.2, -0.15) is 0 Å². The first-order valence-corrected chi connectivity index (χ1v) is 8.50. The van der Waals surface area contributed by atoms with Crippen molar-refractivity contribution in [1.29, 1.82) is 0 Å².